The van der Waals surface area contributed by atoms with Gasteiger partial charge in [-0.2, -0.15) is 0 Å². The molecule has 2 aliphatic heterocycles. The molecule has 2 atom stereocenters. The number of amides is 1. The lowest BCUT2D eigenvalue weighted by Crippen LogP contribution is -2.54. The summed E-state index contributed by atoms with van der Waals surface area (Å²) in [6.45, 7) is 8.66. The molecule has 2 fully saturated rings. The highest BCUT2D eigenvalue weighted by molar-refractivity contribution is 5.77. The summed E-state index contributed by atoms with van der Waals surface area (Å²) in [6, 6.07) is 0.382. The van der Waals surface area contributed by atoms with Gasteiger partial charge in [-0.3, -0.25) is 4.79 Å². The fourth-order valence-corrected chi connectivity index (χ4v) is 3.08. The predicted octanol–water partition coefficient (Wildman–Crippen LogP) is 1.54. The third-order valence-corrected chi connectivity index (χ3v) is 3.76. The van der Waals surface area contributed by atoms with Crippen LogP contribution in [0.25, 0.3) is 0 Å². The van der Waals surface area contributed by atoms with Gasteiger partial charge < -0.3 is 15.0 Å². The molecule has 0 aromatic carbocycles. The van der Waals surface area contributed by atoms with Crippen LogP contribution in [0.1, 0.15) is 46.5 Å². The average molecular weight is 254 g/mol. The molecule has 0 aliphatic carbocycles. The maximum Gasteiger partial charge on any atom is 0.224 e. The second-order valence-electron chi connectivity index (χ2n) is 6.31. The summed E-state index contributed by atoms with van der Waals surface area (Å²) in [6.07, 6.45) is 4.40. The van der Waals surface area contributed by atoms with Crippen LogP contribution in [0, 0.1) is 0 Å². The fraction of sp³-hybridized carbons (Fsp3) is 0.929. The van der Waals surface area contributed by atoms with Gasteiger partial charge in [-0.25, -0.2) is 0 Å². The molecule has 104 valence electrons. The third-order valence-electron chi connectivity index (χ3n) is 3.76. The minimum atomic E-state index is -0.215. The number of rotatable bonds is 2. The van der Waals surface area contributed by atoms with Gasteiger partial charge in [0.15, 0.2) is 0 Å². The van der Waals surface area contributed by atoms with Gasteiger partial charge in [0.05, 0.1) is 11.7 Å². The average Bonchev–Trinajstić information content (AvgIpc) is 2.27. The second kappa shape index (κ2) is 5.57. The Kier molecular flexibility index (Phi) is 4.28. The zero-order valence-electron chi connectivity index (χ0n) is 11.9. The first-order valence-corrected chi connectivity index (χ1v) is 7.15. The topological polar surface area (TPSA) is 41.6 Å². The van der Waals surface area contributed by atoms with Crippen LogP contribution in [0.3, 0.4) is 0 Å². The molecule has 1 amide bonds. The molecular formula is C14H26N2O2. The summed E-state index contributed by atoms with van der Waals surface area (Å²) in [4.78, 5) is 14.3. The Bertz CT molecular complexity index is 298. The summed E-state index contributed by atoms with van der Waals surface area (Å²) in [5.41, 5.74) is -0.215. The summed E-state index contributed by atoms with van der Waals surface area (Å²) >= 11 is 0. The van der Waals surface area contributed by atoms with Crippen molar-refractivity contribution < 1.29 is 9.53 Å². The van der Waals surface area contributed by atoms with Gasteiger partial charge in [0.25, 0.3) is 0 Å². The van der Waals surface area contributed by atoms with E-state index in [9.17, 15) is 4.79 Å². The second-order valence-corrected chi connectivity index (χ2v) is 6.31. The summed E-state index contributed by atoms with van der Waals surface area (Å²) in [7, 11) is 0. The van der Waals surface area contributed by atoms with E-state index < -0.39 is 0 Å². The molecule has 0 saturated carbocycles. The molecule has 4 heteroatoms. The van der Waals surface area contributed by atoms with Gasteiger partial charge in [0, 0.05) is 25.6 Å². The number of carbonyl (C=O) groups excluding carboxylic acids is 1. The minimum absolute atomic E-state index is 0.136. The molecule has 2 heterocycles. The van der Waals surface area contributed by atoms with E-state index in [-0.39, 0.29) is 17.6 Å². The molecule has 0 spiro atoms. The maximum absolute atomic E-state index is 12.3. The summed E-state index contributed by atoms with van der Waals surface area (Å²) < 4.78 is 5.83. The summed E-state index contributed by atoms with van der Waals surface area (Å²) in [5.74, 6) is 0.276. The van der Waals surface area contributed by atoms with Gasteiger partial charge in [0.1, 0.15) is 0 Å². The first kappa shape index (κ1) is 13.8. The van der Waals surface area contributed by atoms with Crippen LogP contribution in [-0.4, -0.2) is 48.2 Å². The van der Waals surface area contributed by atoms with Crippen molar-refractivity contribution in [2.24, 2.45) is 0 Å². The monoisotopic (exact) mass is 254 g/mol. The van der Waals surface area contributed by atoms with Gasteiger partial charge in [-0.05, 0) is 40.2 Å². The molecule has 2 aliphatic rings. The van der Waals surface area contributed by atoms with E-state index in [1.54, 1.807) is 0 Å². The normalized spacial score (nSPS) is 32.3. The van der Waals surface area contributed by atoms with Crippen molar-refractivity contribution in [2.45, 2.75) is 64.2 Å². The number of ether oxygens (including phenoxy) is 1. The molecule has 2 unspecified atom stereocenters. The smallest absolute Gasteiger partial charge is 0.224 e. The van der Waals surface area contributed by atoms with Crippen LogP contribution in [0.15, 0.2) is 0 Å². The van der Waals surface area contributed by atoms with Crippen molar-refractivity contribution in [1.82, 2.24) is 10.2 Å². The zero-order chi connectivity index (χ0) is 13.2. The highest BCUT2D eigenvalue weighted by Gasteiger charge is 2.34. The third kappa shape index (κ3) is 3.69. The molecule has 0 radical (unpaired) electrons. The Hall–Kier alpha value is -0.610. The highest BCUT2D eigenvalue weighted by atomic mass is 16.5. The van der Waals surface area contributed by atoms with Gasteiger partial charge in [-0.1, -0.05) is 6.42 Å². The van der Waals surface area contributed by atoms with Crippen LogP contribution >= 0.6 is 0 Å². The van der Waals surface area contributed by atoms with Crippen molar-refractivity contribution in [3.63, 3.8) is 0 Å². The molecule has 2 saturated heterocycles. The first-order valence-electron chi connectivity index (χ1n) is 7.15. The highest BCUT2D eigenvalue weighted by Crippen LogP contribution is 2.22. The molecule has 0 bridgehead atoms. The van der Waals surface area contributed by atoms with Gasteiger partial charge in [-0.15, -0.1) is 0 Å². The molecule has 0 aromatic heterocycles. The Balaban J connectivity index is 1.87. The van der Waals surface area contributed by atoms with Crippen LogP contribution < -0.4 is 5.32 Å². The van der Waals surface area contributed by atoms with Crippen molar-refractivity contribution in [3.8, 4) is 0 Å². The van der Waals surface area contributed by atoms with Gasteiger partial charge >= 0.3 is 0 Å². The largest absolute Gasteiger partial charge is 0.369 e. The molecule has 18 heavy (non-hydrogen) atoms. The molecule has 2 rings (SSSR count). The number of nitrogens with one attached hydrogen (secondary N) is 1. The maximum atomic E-state index is 12.3. The molecule has 4 nitrogen and oxygen atoms in total. The number of morpholine rings is 1. The first-order chi connectivity index (χ1) is 8.46. The number of hydrogen-bond acceptors (Lipinski definition) is 3. The quantitative estimate of drug-likeness (QED) is 0.813. The Labute approximate surface area is 110 Å². The van der Waals surface area contributed by atoms with E-state index in [2.05, 4.69) is 19.2 Å². The van der Waals surface area contributed by atoms with E-state index >= 15 is 0 Å². The Morgan fingerprint density at radius 3 is 2.83 bits per heavy atom. The SMILES string of the molecule is CC1CN(C(=O)CC2CCCCN2)CC(C)(C)O1. The molecular weight excluding hydrogens is 228 g/mol. The Morgan fingerprint density at radius 2 is 2.22 bits per heavy atom. The Morgan fingerprint density at radius 1 is 1.44 bits per heavy atom. The lowest BCUT2D eigenvalue weighted by Gasteiger charge is -2.42. The van der Waals surface area contributed by atoms with E-state index in [1.807, 2.05) is 11.8 Å². The van der Waals surface area contributed by atoms with Crippen LogP contribution in [0.4, 0.5) is 0 Å². The van der Waals surface area contributed by atoms with E-state index in [1.165, 1.54) is 12.8 Å². The minimum Gasteiger partial charge on any atom is -0.369 e. The number of nitrogens with zero attached hydrogens (tertiary/aromatic N) is 1. The van der Waals surface area contributed by atoms with Crippen LogP contribution in [-0.2, 0) is 9.53 Å². The molecule has 0 aromatic rings. The number of carbonyl (C=O) groups is 1. The van der Waals surface area contributed by atoms with Crippen LogP contribution in [0.5, 0.6) is 0 Å². The number of hydrogen-bond donors (Lipinski definition) is 1. The van der Waals surface area contributed by atoms with Crippen molar-refractivity contribution >= 4 is 5.91 Å². The summed E-state index contributed by atoms with van der Waals surface area (Å²) in [5, 5.41) is 3.44. The van der Waals surface area contributed by atoms with Gasteiger partial charge in [0.2, 0.25) is 5.91 Å². The van der Waals surface area contributed by atoms with E-state index in [0.717, 1.165) is 19.5 Å². The predicted molar refractivity (Wildman–Crippen MR) is 71.5 cm³/mol. The van der Waals surface area contributed by atoms with Crippen LogP contribution in [0.2, 0.25) is 0 Å². The fourth-order valence-electron chi connectivity index (χ4n) is 3.08. The molecule has 1 N–H and O–H groups in total. The van der Waals surface area contributed by atoms with Crippen molar-refractivity contribution in [1.29, 1.82) is 0 Å². The van der Waals surface area contributed by atoms with Crippen molar-refractivity contribution in [3.05, 3.63) is 0 Å². The van der Waals surface area contributed by atoms with E-state index in [0.29, 0.717) is 19.0 Å². The van der Waals surface area contributed by atoms with E-state index in [4.69, 9.17) is 4.74 Å². The number of piperidine rings is 1. The zero-order valence-corrected chi connectivity index (χ0v) is 11.9. The lowest BCUT2D eigenvalue weighted by atomic mass is 10.00. The standard InChI is InChI=1S/C14H26N2O2/c1-11-9-16(10-14(2,3)18-11)13(17)8-12-6-4-5-7-15-12/h11-12,15H,4-10H2,1-3H3. The lowest BCUT2D eigenvalue weighted by molar-refractivity contribution is -0.158. The van der Waals surface area contributed by atoms with Crippen molar-refractivity contribution in [2.75, 3.05) is 19.6 Å².